The molecule has 1 saturated heterocycles. The molecule has 1 aliphatic rings. The van der Waals surface area contributed by atoms with Gasteiger partial charge < -0.3 is 10.3 Å². The van der Waals surface area contributed by atoms with E-state index >= 15 is 0 Å². The Morgan fingerprint density at radius 3 is 2.94 bits per heavy atom. The van der Waals surface area contributed by atoms with Crippen LogP contribution in [0.3, 0.4) is 0 Å². The van der Waals surface area contributed by atoms with Crippen molar-refractivity contribution in [2.24, 2.45) is 0 Å². The second kappa shape index (κ2) is 4.15. The van der Waals surface area contributed by atoms with Gasteiger partial charge >= 0.3 is 0 Å². The maximum Gasteiger partial charge on any atom is 0.114 e. The fourth-order valence-corrected chi connectivity index (χ4v) is 2.77. The first-order valence-corrected chi connectivity index (χ1v) is 6.17. The number of H-pyrrole nitrogens is 1. The summed E-state index contributed by atoms with van der Waals surface area (Å²) in [7, 11) is 0. The Morgan fingerprint density at radius 2 is 2.18 bits per heavy atom. The van der Waals surface area contributed by atoms with Crippen molar-refractivity contribution in [1.29, 1.82) is 0 Å². The SMILES string of the molecule is Cc1[nH]c2ccccc2c1C[C@H]1CC(F)CN1. The third-order valence-electron chi connectivity index (χ3n) is 3.65. The van der Waals surface area contributed by atoms with E-state index in [4.69, 9.17) is 0 Å². The molecule has 2 aromatic rings. The van der Waals surface area contributed by atoms with Gasteiger partial charge in [0.05, 0.1) is 0 Å². The largest absolute Gasteiger partial charge is 0.358 e. The number of aryl methyl sites for hydroxylation is 1. The zero-order valence-electron chi connectivity index (χ0n) is 9.96. The standard InChI is InChI=1S/C14H17FN2/c1-9-13(7-11-6-10(15)8-16-11)12-4-2-3-5-14(12)17-9/h2-5,10-11,16-17H,6-8H2,1H3/t10?,11-/m1/s1. The van der Waals surface area contributed by atoms with Crippen molar-refractivity contribution >= 4 is 10.9 Å². The zero-order valence-corrected chi connectivity index (χ0v) is 9.96. The first-order valence-electron chi connectivity index (χ1n) is 6.17. The zero-order chi connectivity index (χ0) is 11.8. The van der Waals surface area contributed by atoms with Crippen molar-refractivity contribution in [3.63, 3.8) is 0 Å². The summed E-state index contributed by atoms with van der Waals surface area (Å²) in [5.74, 6) is 0. The Bertz CT molecular complexity index is 532. The second-order valence-corrected chi connectivity index (χ2v) is 4.92. The first kappa shape index (κ1) is 10.8. The van der Waals surface area contributed by atoms with Gasteiger partial charge in [0, 0.05) is 29.2 Å². The van der Waals surface area contributed by atoms with E-state index in [1.54, 1.807) is 0 Å². The first-order chi connectivity index (χ1) is 8.24. The summed E-state index contributed by atoms with van der Waals surface area (Å²) in [4.78, 5) is 3.39. The third kappa shape index (κ3) is 1.95. The number of aromatic amines is 1. The number of hydrogen-bond acceptors (Lipinski definition) is 1. The predicted octanol–water partition coefficient (Wildman–Crippen LogP) is 2.72. The maximum atomic E-state index is 13.1. The Balaban J connectivity index is 1.91. The van der Waals surface area contributed by atoms with E-state index in [1.165, 1.54) is 22.2 Å². The highest BCUT2D eigenvalue weighted by Gasteiger charge is 2.24. The van der Waals surface area contributed by atoms with E-state index in [0.29, 0.717) is 13.0 Å². The summed E-state index contributed by atoms with van der Waals surface area (Å²) in [6, 6.07) is 8.59. The normalized spacial score (nSPS) is 24.6. The fraction of sp³-hybridized carbons (Fsp3) is 0.429. The van der Waals surface area contributed by atoms with E-state index in [9.17, 15) is 4.39 Å². The minimum absolute atomic E-state index is 0.280. The van der Waals surface area contributed by atoms with E-state index in [0.717, 1.165) is 6.42 Å². The Kier molecular flexibility index (Phi) is 2.63. The van der Waals surface area contributed by atoms with Crippen molar-refractivity contribution in [3.05, 3.63) is 35.5 Å². The van der Waals surface area contributed by atoms with Gasteiger partial charge in [-0.15, -0.1) is 0 Å². The highest BCUT2D eigenvalue weighted by atomic mass is 19.1. The van der Waals surface area contributed by atoms with Gasteiger partial charge in [-0.3, -0.25) is 0 Å². The number of fused-ring (bicyclic) bond motifs is 1. The lowest BCUT2D eigenvalue weighted by Gasteiger charge is -2.09. The van der Waals surface area contributed by atoms with Gasteiger partial charge in [0.25, 0.3) is 0 Å². The van der Waals surface area contributed by atoms with Crippen LogP contribution in [-0.2, 0) is 6.42 Å². The Morgan fingerprint density at radius 1 is 1.35 bits per heavy atom. The molecule has 0 amide bonds. The fourth-order valence-electron chi connectivity index (χ4n) is 2.77. The number of hydrogen-bond donors (Lipinski definition) is 2. The average Bonchev–Trinajstić information content (AvgIpc) is 2.85. The van der Waals surface area contributed by atoms with E-state index in [-0.39, 0.29) is 6.04 Å². The predicted molar refractivity (Wildman–Crippen MR) is 68.0 cm³/mol. The van der Waals surface area contributed by atoms with Crippen LogP contribution in [0.5, 0.6) is 0 Å². The second-order valence-electron chi connectivity index (χ2n) is 4.92. The van der Waals surface area contributed by atoms with Crippen molar-refractivity contribution in [1.82, 2.24) is 10.3 Å². The number of halogens is 1. The van der Waals surface area contributed by atoms with Crippen LogP contribution in [0.15, 0.2) is 24.3 Å². The molecule has 1 fully saturated rings. The molecule has 2 atom stereocenters. The molecule has 0 bridgehead atoms. The molecule has 17 heavy (non-hydrogen) atoms. The van der Waals surface area contributed by atoms with Crippen molar-refractivity contribution in [2.45, 2.75) is 32.0 Å². The van der Waals surface area contributed by atoms with Gasteiger partial charge in [-0.25, -0.2) is 4.39 Å². The van der Waals surface area contributed by atoms with Crippen molar-refractivity contribution in [3.8, 4) is 0 Å². The van der Waals surface area contributed by atoms with Crippen LogP contribution in [0.2, 0.25) is 0 Å². The minimum Gasteiger partial charge on any atom is -0.358 e. The van der Waals surface area contributed by atoms with E-state index in [2.05, 4.69) is 35.4 Å². The van der Waals surface area contributed by atoms with Crippen LogP contribution < -0.4 is 5.32 Å². The molecule has 2 heterocycles. The molecular formula is C14H17FN2. The number of rotatable bonds is 2. The van der Waals surface area contributed by atoms with Crippen LogP contribution in [0.25, 0.3) is 10.9 Å². The monoisotopic (exact) mass is 232 g/mol. The number of benzene rings is 1. The van der Waals surface area contributed by atoms with Gasteiger partial charge in [-0.05, 0) is 31.4 Å². The van der Waals surface area contributed by atoms with Crippen LogP contribution in [-0.4, -0.2) is 23.7 Å². The van der Waals surface area contributed by atoms with Gasteiger partial charge in [0.1, 0.15) is 6.17 Å². The molecule has 3 rings (SSSR count). The maximum absolute atomic E-state index is 13.1. The highest BCUT2D eigenvalue weighted by Crippen LogP contribution is 2.25. The van der Waals surface area contributed by atoms with Crippen molar-refractivity contribution < 1.29 is 4.39 Å². The lowest BCUT2D eigenvalue weighted by Crippen LogP contribution is -2.23. The van der Waals surface area contributed by atoms with Gasteiger partial charge in [-0.2, -0.15) is 0 Å². The molecule has 1 aromatic carbocycles. The molecule has 1 unspecified atom stereocenters. The molecule has 0 aliphatic carbocycles. The molecular weight excluding hydrogens is 215 g/mol. The summed E-state index contributed by atoms with van der Waals surface area (Å²) in [6.45, 7) is 2.60. The van der Waals surface area contributed by atoms with Crippen LogP contribution in [0.1, 0.15) is 17.7 Å². The molecule has 1 aliphatic heterocycles. The Hall–Kier alpha value is -1.35. The molecule has 1 aromatic heterocycles. The van der Waals surface area contributed by atoms with Gasteiger partial charge in [-0.1, -0.05) is 18.2 Å². The Labute approximate surface area is 100 Å². The smallest absolute Gasteiger partial charge is 0.114 e. The minimum atomic E-state index is -0.675. The van der Waals surface area contributed by atoms with E-state index < -0.39 is 6.17 Å². The quantitative estimate of drug-likeness (QED) is 0.818. The lowest BCUT2D eigenvalue weighted by molar-refractivity contribution is 0.355. The molecule has 2 nitrogen and oxygen atoms in total. The average molecular weight is 232 g/mol. The van der Waals surface area contributed by atoms with Crippen molar-refractivity contribution in [2.75, 3.05) is 6.54 Å². The number of nitrogens with one attached hydrogen (secondary N) is 2. The van der Waals surface area contributed by atoms with Gasteiger partial charge in [0.2, 0.25) is 0 Å². The summed E-state index contributed by atoms with van der Waals surface area (Å²) in [5.41, 5.74) is 3.71. The highest BCUT2D eigenvalue weighted by molar-refractivity contribution is 5.84. The van der Waals surface area contributed by atoms with Gasteiger partial charge in [0.15, 0.2) is 0 Å². The van der Waals surface area contributed by atoms with Crippen LogP contribution >= 0.6 is 0 Å². The lowest BCUT2D eigenvalue weighted by atomic mass is 10.0. The van der Waals surface area contributed by atoms with E-state index in [1.807, 2.05) is 6.07 Å². The number of para-hydroxylation sites is 1. The summed E-state index contributed by atoms with van der Waals surface area (Å²) >= 11 is 0. The molecule has 90 valence electrons. The topological polar surface area (TPSA) is 27.8 Å². The number of alkyl halides is 1. The molecule has 0 saturated carbocycles. The summed E-state index contributed by atoms with van der Waals surface area (Å²) < 4.78 is 13.1. The molecule has 3 heteroatoms. The van der Waals surface area contributed by atoms with Crippen LogP contribution in [0.4, 0.5) is 4.39 Å². The molecule has 0 spiro atoms. The molecule has 2 N–H and O–H groups in total. The third-order valence-corrected chi connectivity index (χ3v) is 3.65. The molecule has 0 radical (unpaired) electrons. The number of aromatic nitrogens is 1. The summed E-state index contributed by atoms with van der Waals surface area (Å²) in [5, 5.41) is 4.52. The van der Waals surface area contributed by atoms with Crippen LogP contribution in [0, 0.1) is 6.92 Å². The summed E-state index contributed by atoms with van der Waals surface area (Å²) in [6.07, 6.45) is 0.875.